The summed E-state index contributed by atoms with van der Waals surface area (Å²) in [6.45, 7) is 8.31. The highest BCUT2D eigenvalue weighted by Gasteiger charge is 2.11. The van der Waals surface area contributed by atoms with E-state index in [2.05, 4.69) is 13.8 Å². The Morgan fingerprint density at radius 2 is 2.00 bits per heavy atom. The van der Waals surface area contributed by atoms with Crippen molar-refractivity contribution in [1.29, 1.82) is 0 Å². The first kappa shape index (κ1) is 12.9. The maximum Gasteiger partial charge on any atom is 0.188 e. The number of benzene rings is 1. The van der Waals surface area contributed by atoms with Gasteiger partial charge in [-0.3, -0.25) is 4.79 Å². The lowest BCUT2D eigenvalue weighted by Gasteiger charge is -2.15. The average molecular weight is 220 g/mol. The standard InChI is InChI=1S/C14H20O2/c1-10(2)12(4)16-9-14(15)13-7-5-6-11(3)8-13/h5-8,10,12H,9H2,1-4H3. The molecular formula is C14H20O2. The zero-order valence-electron chi connectivity index (χ0n) is 10.5. The third-order valence-corrected chi connectivity index (χ3v) is 2.76. The summed E-state index contributed by atoms with van der Waals surface area (Å²) in [4.78, 5) is 11.8. The molecule has 1 aromatic carbocycles. The summed E-state index contributed by atoms with van der Waals surface area (Å²) < 4.78 is 5.51. The molecule has 16 heavy (non-hydrogen) atoms. The minimum Gasteiger partial charge on any atom is -0.370 e. The van der Waals surface area contributed by atoms with Crippen LogP contribution < -0.4 is 0 Å². The van der Waals surface area contributed by atoms with Crippen molar-refractivity contribution in [2.24, 2.45) is 5.92 Å². The van der Waals surface area contributed by atoms with Gasteiger partial charge in [0.25, 0.3) is 0 Å². The van der Waals surface area contributed by atoms with Crippen molar-refractivity contribution in [1.82, 2.24) is 0 Å². The van der Waals surface area contributed by atoms with Crippen molar-refractivity contribution >= 4 is 5.78 Å². The molecule has 0 heterocycles. The highest BCUT2D eigenvalue weighted by atomic mass is 16.5. The molecule has 0 saturated carbocycles. The topological polar surface area (TPSA) is 26.3 Å². The zero-order valence-corrected chi connectivity index (χ0v) is 10.5. The second-order valence-electron chi connectivity index (χ2n) is 4.55. The predicted molar refractivity (Wildman–Crippen MR) is 65.8 cm³/mol. The molecule has 1 rings (SSSR count). The largest absolute Gasteiger partial charge is 0.370 e. The van der Waals surface area contributed by atoms with E-state index in [0.29, 0.717) is 5.92 Å². The van der Waals surface area contributed by atoms with Gasteiger partial charge in [0, 0.05) is 5.56 Å². The summed E-state index contributed by atoms with van der Waals surface area (Å²) in [5.41, 5.74) is 1.83. The Morgan fingerprint density at radius 1 is 1.31 bits per heavy atom. The van der Waals surface area contributed by atoms with Gasteiger partial charge >= 0.3 is 0 Å². The van der Waals surface area contributed by atoms with Crippen molar-refractivity contribution < 1.29 is 9.53 Å². The highest BCUT2D eigenvalue weighted by molar-refractivity contribution is 5.97. The molecule has 0 aliphatic rings. The van der Waals surface area contributed by atoms with Crippen LogP contribution in [0.25, 0.3) is 0 Å². The fraction of sp³-hybridized carbons (Fsp3) is 0.500. The minimum absolute atomic E-state index is 0.0520. The van der Waals surface area contributed by atoms with Crippen LogP contribution in [0, 0.1) is 12.8 Å². The van der Waals surface area contributed by atoms with E-state index in [1.807, 2.05) is 38.1 Å². The molecule has 0 radical (unpaired) electrons. The number of carbonyl (C=O) groups excluding carboxylic acids is 1. The molecule has 0 saturated heterocycles. The molecule has 1 unspecified atom stereocenters. The molecular weight excluding hydrogens is 200 g/mol. The van der Waals surface area contributed by atoms with E-state index < -0.39 is 0 Å². The first-order chi connectivity index (χ1) is 7.50. The van der Waals surface area contributed by atoms with Crippen LogP contribution in [0.2, 0.25) is 0 Å². The van der Waals surface area contributed by atoms with E-state index in [9.17, 15) is 4.79 Å². The second-order valence-corrected chi connectivity index (χ2v) is 4.55. The number of ketones is 1. The molecule has 1 aromatic rings. The van der Waals surface area contributed by atoms with Crippen LogP contribution in [-0.2, 0) is 4.74 Å². The van der Waals surface area contributed by atoms with E-state index in [1.165, 1.54) is 0 Å². The molecule has 0 N–H and O–H groups in total. The fourth-order valence-electron chi connectivity index (χ4n) is 1.30. The lowest BCUT2D eigenvalue weighted by atomic mass is 10.1. The quantitative estimate of drug-likeness (QED) is 0.712. The number of Topliss-reactive ketones (excluding diaryl/α,β-unsaturated/α-hetero) is 1. The molecule has 0 bridgehead atoms. The van der Waals surface area contributed by atoms with E-state index in [4.69, 9.17) is 4.74 Å². The van der Waals surface area contributed by atoms with Crippen LogP contribution in [0.4, 0.5) is 0 Å². The van der Waals surface area contributed by atoms with Crippen LogP contribution in [0.5, 0.6) is 0 Å². The first-order valence-electron chi connectivity index (χ1n) is 5.72. The smallest absolute Gasteiger partial charge is 0.188 e. The number of ether oxygens (including phenoxy) is 1. The molecule has 0 amide bonds. The summed E-state index contributed by atoms with van der Waals surface area (Å²) >= 11 is 0. The summed E-state index contributed by atoms with van der Waals surface area (Å²) in [6.07, 6.45) is 0.119. The van der Waals surface area contributed by atoms with Gasteiger partial charge in [-0.15, -0.1) is 0 Å². The number of rotatable bonds is 5. The van der Waals surface area contributed by atoms with Gasteiger partial charge in [-0.25, -0.2) is 0 Å². The molecule has 2 nitrogen and oxygen atoms in total. The molecule has 0 aliphatic carbocycles. The lowest BCUT2D eigenvalue weighted by molar-refractivity contribution is 0.0336. The van der Waals surface area contributed by atoms with Gasteiger partial charge in [0.1, 0.15) is 6.61 Å². The molecule has 88 valence electrons. The van der Waals surface area contributed by atoms with Gasteiger partial charge in [-0.1, -0.05) is 37.6 Å². The SMILES string of the molecule is Cc1cccc(C(=O)COC(C)C(C)C)c1. The third kappa shape index (κ3) is 3.78. The Hall–Kier alpha value is -1.15. The Labute approximate surface area is 97.6 Å². The first-order valence-corrected chi connectivity index (χ1v) is 5.72. The number of hydrogen-bond acceptors (Lipinski definition) is 2. The van der Waals surface area contributed by atoms with Crippen molar-refractivity contribution in [3.05, 3.63) is 35.4 Å². The Kier molecular flexibility index (Phi) is 4.69. The van der Waals surface area contributed by atoms with E-state index >= 15 is 0 Å². The van der Waals surface area contributed by atoms with Crippen LogP contribution in [0.1, 0.15) is 36.7 Å². The minimum atomic E-state index is 0.0520. The van der Waals surface area contributed by atoms with Gasteiger partial charge in [0.2, 0.25) is 0 Å². The molecule has 2 heteroatoms. The summed E-state index contributed by atoms with van der Waals surface area (Å²) in [6, 6.07) is 7.60. The van der Waals surface area contributed by atoms with Crippen molar-refractivity contribution in [3.63, 3.8) is 0 Å². The van der Waals surface area contributed by atoms with Crippen LogP contribution >= 0.6 is 0 Å². The van der Waals surface area contributed by atoms with Crippen molar-refractivity contribution in [3.8, 4) is 0 Å². The molecule has 0 aromatic heterocycles. The summed E-state index contributed by atoms with van der Waals surface area (Å²) in [5, 5.41) is 0. The van der Waals surface area contributed by atoms with Crippen molar-refractivity contribution in [2.45, 2.75) is 33.8 Å². The summed E-state index contributed by atoms with van der Waals surface area (Å²) in [7, 11) is 0. The normalized spacial score (nSPS) is 12.8. The predicted octanol–water partition coefficient (Wildman–Crippen LogP) is 3.24. The molecule has 0 fully saturated rings. The zero-order chi connectivity index (χ0) is 12.1. The Morgan fingerprint density at radius 3 is 2.56 bits per heavy atom. The van der Waals surface area contributed by atoms with Crippen LogP contribution in [0.15, 0.2) is 24.3 Å². The van der Waals surface area contributed by atoms with E-state index in [0.717, 1.165) is 11.1 Å². The average Bonchev–Trinajstić information content (AvgIpc) is 2.25. The number of hydrogen-bond donors (Lipinski definition) is 0. The van der Waals surface area contributed by atoms with Gasteiger partial charge in [0.15, 0.2) is 5.78 Å². The third-order valence-electron chi connectivity index (χ3n) is 2.76. The maximum absolute atomic E-state index is 11.8. The number of carbonyl (C=O) groups is 1. The summed E-state index contributed by atoms with van der Waals surface area (Å²) in [5.74, 6) is 0.488. The maximum atomic E-state index is 11.8. The van der Waals surface area contributed by atoms with Crippen LogP contribution in [0.3, 0.4) is 0 Å². The van der Waals surface area contributed by atoms with E-state index in [-0.39, 0.29) is 18.5 Å². The lowest BCUT2D eigenvalue weighted by Crippen LogP contribution is -2.20. The fourth-order valence-corrected chi connectivity index (χ4v) is 1.30. The van der Waals surface area contributed by atoms with Gasteiger partial charge in [-0.2, -0.15) is 0 Å². The van der Waals surface area contributed by atoms with Gasteiger partial charge < -0.3 is 4.74 Å². The molecule has 0 aliphatic heterocycles. The van der Waals surface area contributed by atoms with Crippen molar-refractivity contribution in [2.75, 3.05) is 6.61 Å². The second kappa shape index (κ2) is 5.80. The highest BCUT2D eigenvalue weighted by Crippen LogP contribution is 2.08. The number of aryl methyl sites for hydroxylation is 1. The van der Waals surface area contributed by atoms with E-state index in [1.54, 1.807) is 0 Å². The molecule has 1 atom stereocenters. The van der Waals surface area contributed by atoms with Crippen LogP contribution in [-0.4, -0.2) is 18.5 Å². The Balaban J connectivity index is 2.53. The van der Waals surface area contributed by atoms with Gasteiger partial charge in [-0.05, 0) is 25.8 Å². The monoisotopic (exact) mass is 220 g/mol. The van der Waals surface area contributed by atoms with Gasteiger partial charge in [0.05, 0.1) is 6.10 Å². The molecule has 0 spiro atoms. The Bertz CT molecular complexity index is 356.